The van der Waals surface area contributed by atoms with Crippen molar-refractivity contribution >= 4 is 22.6 Å². The lowest BCUT2D eigenvalue weighted by Gasteiger charge is -2.32. The van der Waals surface area contributed by atoms with Crippen molar-refractivity contribution in [2.75, 3.05) is 24.5 Å². The number of nitrogens with one attached hydrogen (secondary N) is 1. The highest BCUT2D eigenvalue weighted by Gasteiger charge is 2.28. The first-order chi connectivity index (χ1) is 17.0. The third-order valence-corrected chi connectivity index (χ3v) is 7.10. The first-order valence-electron chi connectivity index (χ1n) is 12.4. The van der Waals surface area contributed by atoms with Crippen molar-refractivity contribution in [3.8, 4) is 5.69 Å². The Morgan fingerprint density at radius 2 is 1.66 bits per heavy atom. The molecule has 180 valence electrons. The SMILES string of the molecule is Cc1nnc(N2CCC(C(=O)NCC(C)c3ccccc3)CC2)c2nn(-c3ccccc3)c(C)c12. The molecule has 2 aromatic heterocycles. The highest BCUT2D eigenvalue weighted by Crippen LogP contribution is 2.31. The molecule has 1 N–H and O–H groups in total. The molecule has 7 heteroatoms. The molecule has 1 unspecified atom stereocenters. The number of carbonyl (C=O) groups excluding carboxylic acids is 1. The number of rotatable bonds is 6. The van der Waals surface area contributed by atoms with Gasteiger partial charge in [0.05, 0.1) is 22.5 Å². The predicted molar refractivity (Wildman–Crippen MR) is 139 cm³/mol. The molecule has 1 saturated heterocycles. The molecule has 0 bridgehead atoms. The second-order valence-electron chi connectivity index (χ2n) is 9.48. The molecule has 1 fully saturated rings. The summed E-state index contributed by atoms with van der Waals surface area (Å²) in [5.74, 6) is 1.27. The topological polar surface area (TPSA) is 75.9 Å². The molecule has 1 aliphatic heterocycles. The average molecular weight is 469 g/mol. The van der Waals surface area contributed by atoms with Crippen LogP contribution < -0.4 is 10.2 Å². The van der Waals surface area contributed by atoms with Crippen molar-refractivity contribution in [2.24, 2.45) is 5.92 Å². The van der Waals surface area contributed by atoms with Crippen molar-refractivity contribution in [2.45, 2.75) is 39.5 Å². The lowest BCUT2D eigenvalue weighted by molar-refractivity contribution is -0.125. The van der Waals surface area contributed by atoms with Crippen LogP contribution in [0.4, 0.5) is 5.82 Å². The molecule has 35 heavy (non-hydrogen) atoms. The third kappa shape index (κ3) is 4.63. The summed E-state index contributed by atoms with van der Waals surface area (Å²) < 4.78 is 1.97. The van der Waals surface area contributed by atoms with E-state index in [1.54, 1.807) is 0 Å². The number of anilines is 1. The summed E-state index contributed by atoms with van der Waals surface area (Å²) in [5.41, 5.74) is 5.08. The number of hydrogen-bond donors (Lipinski definition) is 1. The van der Waals surface area contributed by atoms with Gasteiger partial charge in [-0.2, -0.15) is 10.2 Å². The van der Waals surface area contributed by atoms with E-state index in [4.69, 9.17) is 5.10 Å². The van der Waals surface area contributed by atoms with Crippen LogP contribution in [0.25, 0.3) is 16.6 Å². The quantitative estimate of drug-likeness (QED) is 0.449. The lowest BCUT2D eigenvalue weighted by atomic mass is 9.95. The van der Waals surface area contributed by atoms with Gasteiger partial charge in [-0.05, 0) is 50.3 Å². The largest absolute Gasteiger partial charge is 0.355 e. The third-order valence-electron chi connectivity index (χ3n) is 7.10. The molecule has 0 spiro atoms. The maximum atomic E-state index is 12.9. The summed E-state index contributed by atoms with van der Waals surface area (Å²) in [6.45, 7) is 8.39. The summed E-state index contributed by atoms with van der Waals surface area (Å²) in [7, 11) is 0. The van der Waals surface area contributed by atoms with Crippen LogP contribution in [0.5, 0.6) is 0 Å². The van der Waals surface area contributed by atoms with E-state index in [2.05, 4.69) is 58.5 Å². The number of carbonyl (C=O) groups is 1. The van der Waals surface area contributed by atoms with Crippen molar-refractivity contribution in [3.63, 3.8) is 0 Å². The fourth-order valence-electron chi connectivity index (χ4n) is 5.00. The van der Waals surface area contributed by atoms with Crippen LogP contribution in [0.15, 0.2) is 60.7 Å². The summed E-state index contributed by atoms with van der Waals surface area (Å²) in [5, 5.41) is 18.2. The minimum Gasteiger partial charge on any atom is -0.355 e. The smallest absolute Gasteiger partial charge is 0.223 e. The Kier molecular flexibility index (Phi) is 6.49. The van der Waals surface area contributed by atoms with Gasteiger partial charge in [0.15, 0.2) is 5.82 Å². The van der Waals surface area contributed by atoms with Gasteiger partial charge < -0.3 is 10.2 Å². The first kappa shape index (κ1) is 23.0. The number of fused-ring (bicyclic) bond motifs is 1. The van der Waals surface area contributed by atoms with Crippen LogP contribution in [-0.2, 0) is 4.79 Å². The van der Waals surface area contributed by atoms with E-state index >= 15 is 0 Å². The van der Waals surface area contributed by atoms with E-state index in [-0.39, 0.29) is 11.8 Å². The van der Waals surface area contributed by atoms with Gasteiger partial charge in [-0.3, -0.25) is 4.79 Å². The van der Waals surface area contributed by atoms with Crippen LogP contribution >= 0.6 is 0 Å². The average Bonchev–Trinajstić information content (AvgIpc) is 3.26. The van der Waals surface area contributed by atoms with E-state index in [0.29, 0.717) is 12.5 Å². The molecule has 0 saturated carbocycles. The minimum atomic E-state index is 0.0201. The molecule has 3 heterocycles. The number of benzene rings is 2. The monoisotopic (exact) mass is 468 g/mol. The second-order valence-corrected chi connectivity index (χ2v) is 9.48. The van der Waals surface area contributed by atoms with Crippen molar-refractivity contribution in [1.29, 1.82) is 0 Å². The van der Waals surface area contributed by atoms with Crippen molar-refractivity contribution < 1.29 is 4.79 Å². The standard InChI is InChI=1S/C28H32N6O/c1-19(22-10-6-4-7-11-22)18-29-28(35)23-14-16-33(17-15-23)27-26-25(20(2)30-31-27)21(3)34(32-26)24-12-8-5-9-13-24/h4-13,19,23H,14-18H2,1-3H3,(H,29,35). The Balaban J connectivity index is 1.28. The molecule has 1 atom stereocenters. The molecule has 1 aliphatic rings. The molecule has 2 aromatic carbocycles. The zero-order valence-electron chi connectivity index (χ0n) is 20.6. The van der Waals surface area contributed by atoms with Gasteiger partial charge in [0, 0.05) is 25.6 Å². The number of para-hydroxylation sites is 1. The number of aromatic nitrogens is 4. The molecule has 4 aromatic rings. The summed E-state index contributed by atoms with van der Waals surface area (Å²) in [4.78, 5) is 15.1. The van der Waals surface area contributed by atoms with Crippen LogP contribution in [0, 0.1) is 19.8 Å². The van der Waals surface area contributed by atoms with E-state index in [0.717, 1.165) is 59.7 Å². The molecule has 7 nitrogen and oxygen atoms in total. The number of amides is 1. The fourth-order valence-corrected chi connectivity index (χ4v) is 5.00. The van der Waals surface area contributed by atoms with E-state index in [1.165, 1.54) is 5.56 Å². The zero-order valence-corrected chi connectivity index (χ0v) is 20.6. The van der Waals surface area contributed by atoms with Crippen LogP contribution in [-0.4, -0.2) is 45.5 Å². The Labute approximate surface area is 206 Å². The highest BCUT2D eigenvalue weighted by molar-refractivity contribution is 5.92. The fraction of sp³-hybridized carbons (Fsp3) is 0.357. The van der Waals surface area contributed by atoms with Gasteiger partial charge in [-0.25, -0.2) is 4.68 Å². The maximum absolute atomic E-state index is 12.9. The Bertz CT molecular complexity index is 1310. The lowest BCUT2D eigenvalue weighted by Crippen LogP contribution is -2.41. The number of nitrogens with zero attached hydrogens (tertiary/aromatic N) is 5. The molecule has 1 amide bonds. The van der Waals surface area contributed by atoms with Gasteiger partial charge >= 0.3 is 0 Å². The van der Waals surface area contributed by atoms with E-state index < -0.39 is 0 Å². The molecule has 5 rings (SSSR count). The number of hydrogen-bond acceptors (Lipinski definition) is 5. The Morgan fingerprint density at radius 1 is 1.00 bits per heavy atom. The van der Waals surface area contributed by atoms with Gasteiger partial charge in [-0.15, -0.1) is 5.10 Å². The van der Waals surface area contributed by atoms with Crippen LogP contribution in [0.3, 0.4) is 0 Å². The van der Waals surface area contributed by atoms with E-state index in [1.807, 2.05) is 48.0 Å². The van der Waals surface area contributed by atoms with Gasteiger partial charge in [0.2, 0.25) is 5.91 Å². The highest BCUT2D eigenvalue weighted by atomic mass is 16.1. The summed E-state index contributed by atoms with van der Waals surface area (Å²) >= 11 is 0. The van der Waals surface area contributed by atoms with Crippen LogP contribution in [0.2, 0.25) is 0 Å². The van der Waals surface area contributed by atoms with Crippen molar-refractivity contribution in [3.05, 3.63) is 77.6 Å². The van der Waals surface area contributed by atoms with Crippen LogP contribution in [0.1, 0.15) is 42.6 Å². The zero-order chi connectivity index (χ0) is 24.4. The summed E-state index contributed by atoms with van der Waals surface area (Å²) in [6.07, 6.45) is 1.59. The Hall–Kier alpha value is -3.74. The molecular weight excluding hydrogens is 436 g/mol. The van der Waals surface area contributed by atoms with Gasteiger partial charge in [0.25, 0.3) is 0 Å². The maximum Gasteiger partial charge on any atom is 0.223 e. The minimum absolute atomic E-state index is 0.0201. The Morgan fingerprint density at radius 3 is 2.34 bits per heavy atom. The van der Waals surface area contributed by atoms with Gasteiger partial charge in [-0.1, -0.05) is 55.5 Å². The molecular formula is C28H32N6O. The second kappa shape index (κ2) is 9.86. The molecule has 0 radical (unpaired) electrons. The van der Waals surface area contributed by atoms with Crippen molar-refractivity contribution in [1.82, 2.24) is 25.3 Å². The normalized spacial score (nSPS) is 15.3. The summed E-state index contributed by atoms with van der Waals surface area (Å²) in [6, 6.07) is 20.5. The number of piperidine rings is 1. The first-order valence-corrected chi connectivity index (χ1v) is 12.4. The van der Waals surface area contributed by atoms with E-state index in [9.17, 15) is 4.79 Å². The van der Waals surface area contributed by atoms with Gasteiger partial charge in [0.1, 0.15) is 5.52 Å². The molecule has 0 aliphatic carbocycles. The predicted octanol–water partition coefficient (Wildman–Crippen LogP) is 4.57. The number of aryl methyl sites for hydroxylation is 2.